The van der Waals surface area contributed by atoms with Crippen molar-refractivity contribution in [3.8, 4) is 0 Å². The van der Waals surface area contributed by atoms with Crippen LogP contribution in [0.2, 0.25) is 0 Å². The van der Waals surface area contributed by atoms with Gasteiger partial charge >= 0.3 is 12.4 Å². The van der Waals surface area contributed by atoms with Crippen molar-refractivity contribution in [2.45, 2.75) is 22.5 Å². The molecule has 3 aromatic rings. The number of hydrogen-bond donors (Lipinski definition) is 2. The summed E-state index contributed by atoms with van der Waals surface area (Å²) in [6, 6.07) is 15.9. The Kier molecular flexibility index (Phi) is 6.73. The zero-order valence-corrected chi connectivity index (χ0v) is 17.0. The molecule has 0 radical (unpaired) electrons. The van der Waals surface area contributed by atoms with Crippen LogP contribution in [0.1, 0.15) is 21.9 Å². The largest absolute Gasteiger partial charge is 0.416 e. The van der Waals surface area contributed by atoms with Crippen LogP contribution in [0.4, 0.5) is 37.7 Å². The van der Waals surface area contributed by atoms with E-state index in [1.807, 2.05) is 0 Å². The molecule has 1 atom stereocenters. The van der Waals surface area contributed by atoms with E-state index in [1.165, 1.54) is 0 Å². The number of nitrogen functional groups attached to an aromatic ring is 1. The molecule has 0 saturated heterocycles. The molecule has 10 heteroatoms. The quantitative estimate of drug-likeness (QED) is 0.246. The minimum absolute atomic E-state index is 0.00372. The number of nitrogens with one attached hydrogen (secondary N) is 1. The maximum absolute atomic E-state index is 13.1. The number of carbonyl (C=O) groups excluding carboxylic acids is 1. The lowest BCUT2D eigenvalue weighted by molar-refractivity contribution is -0.143. The number of alkyl halides is 6. The van der Waals surface area contributed by atoms with Gasteiger partial charge in [-0.2, -0.15) is 26.3 Å². The summed E-state index contributed by atoms with van der Waals surface area (Å²) in [4.78, 5) is 13.6. The monoisotopic (exact) mass is 470 g/mol. The van der Waals surface area contributed by atoms with Crippen LogP contribution in [-0.4, -0.2) is 5.91 Å². The highest BCUT2D eigenvalue weighted by Crippen LogP contribution is 2.40. The zero-order valence-electron chi connectivity index (χ0n) is 16.2. The summed E-state index contributed by atoms with van der Waals surface area (Å²) in [5, 5.41) is 1.22. The molecule has 0 aromatic heterocycles. The smallest absolute Gasteiger partial charge is 0.398 e. The summed E-state index contributed by atoms with van der Waals surface area (Å²) in [7, 11) is 0. The Bertz CT molecular complexity index is 1070. The summed E-state index contributed by atoms with van der Waals surface area (Å²) < 4.78 is 78.8. The molecule has 3 rings (SSSR count). The molecule has 168 valence electrons. The normalized spacial score (nSPS) is 12.9. The molecule has 0 heterocycles. The third-order valence-electron chi connectivity index (χ3n) is 4.36. The summed E-state index contributed by atoms with van der Waals surface area (Å²) in [5.41, 5.74) is 3.17. The van der Waals surface area contributed by atoms with Gasteiger partial charge in [0.2, 0.25) is 5.91 Å². The molecule has 3 aromatic carbocycles. The highest BCUT2D eigenvalue weighted by Gasteiger charge is 2.37. The van der Waals surface area contributed by atoms with Crippen LogP contribution in [0, 0.1) is 0 Å². The van der Waals surface area contributed by atoms with E-state index in [2.05, 4.69) is 5.32 Å². The lowest BCUT2D eigenvalue weighted by Crippen LogP contribution is -2.20. The average Bonchev–Trinajstić information content (AvgIpc) is 2.72. The molecule has 0 aliphatic rings. The first-order chi connectivity index (χ1) is 14.9. The summed E-state index contributed by atoms with van der Waals surface area (Å²) in [6.45, 7) is 0. The predicted molar refractivity (Wildman–Crippen MR) is 111 cm³/mol. The molecule has 1 unspecified atom stereocenters. The maximum atomic E-state index is 13.1. The molecule has 0 aliphatic carbocycles. The second kappa shape index (κ2) is 9.15. The second-order valence-corrected chi connectivity index (χ2v) is 7.88. The number of benzene rings is 3. The Balaban J connectivity index is 1.98. The van der Waals surface area contributed by atoms with Gasteiger partial charge in [0.1, 0.15) is 5.25 Å². The number of anilines is 2. The number of halogens is 6. The third kappa shape index (κ3) is 5.76. The van der Waals surface area contributed by atoms with Crippen molar-refractivity contribution >= 4 is 29.0 Å². The Morgan fingerprint density at radius 1 is 0.812 bits per heavy atom. The van der Waals surface area contributed by atoms with Crippen LogP contribution < -0.4 is 11.1 Å². The molecule has 3 N–H and O–H groups in total. The number of carbonyl (C=O) groups is 1. The molecule has 32 heavy (non-hydrogen) atoms. The number of nitrogens with two attached hydrogens (primary N) is 1. The van der Waals surface area contributed by atoms with E-state index < -0.39 is 40.3 Å². The first-order valence-corrected chi connectivity index (χ1v) is 9.99. The molecule has 3 nitrogen and oxygen atoms in total. The van der Waals surface area contributed by atoms with Crippen LogP contribution in [-0.2, 0) is 17.1 Å². The lowest BCUT2D eigenvalue weighted by Gasteiger charge is -2.19. The van der Waals surface area contributed by atoms with Crippen molar-refractivity contribution in [2.24, 2.45) is 0 Å². The fourth-order valence-electron chi connectivity index (χ4n) is 2.85. The number of amides is 1. The highest BCUT2D eigenvalue weighted by molar-refractivity contribution is 8.00. The topological polar surface area (TPSA) is 55.1 Å². The van der Waals surface area contributed by atoms with Crippen molar-refractivity contribution < 1.29 is 31.1 Å². The van der Waals surface area contributed by atoms with Gasteiger partial charge in [0, 0.05) is 16.3 Å². The van der Waals surface area contributed by atoms with E-state index in [0.29, 0.717) is 28.3 Å². The molecule has 0 fully saturated rings. The number of rotatable bonds is 5. The first kappa shape index (κ1) is 23.5. The second-order valence-electron chi connectivity index (χ2n) is 6.73. The van der Waals surface area contributed by atoms with Crippen molar-refractivity contribution in [3.05, 3.63) is 89.5 Å². The van der Waals surface area contributed by atoms with Gasteiger partial charge in [-0.15, -0.1) is 11.8 Å². The van der Waals surface area contributed by atoms with Crippen LogP contribution >= 0.6 is 11.8 Å². The summed E-state index contributed by atoms with van der Waals surface area (Å²) in [6.07, 6.45) is -10.0. The Hall–Kier alpha value is -3.14. The molecule has 0 aliphatic heterocycles. The highest BCUT2D eigenvalue weighted by atomic mass is 32.2. The van der Waals surface area contributed by atoms with Gasteiger partial charge in [0.15, 0.2) is 0 Å². The van der Waals surface area contributed by atoms with Gasteiger partial charge in [0.05, 0.1) is 11.1 Å². The van der Waals surface area contributed by atoms with Crippen molar-refractivity contribution in [3.63, 3.8) is 0 Å². The van der Waals surface area contributed by atoms with E-state index in [1.54, 1.807) is 54.6 Å². The van der Waals surface area contributed by atoms with Gasteiger partial charge in [-0.25, -0.2) is 0 Å². The molecule has 1 amide bonds. The zero-order chi connectivity index (χ0) is 23.5. The van der Waals surface area contributed by atoms with E-state index in [9.17, 15) is 31.1 Å². The van der Waals surface area contributed by atoms with Crippen LogP contribution in [0.25, 0.3) is 0 Å². The first-order valence-electron chi connectivity index (χ1n) is 9.11. The number of hydrogen-bond acceptors (Lipinski definition) is 3. The summed E-state index contributed by atoms with van der Waals surface area (Å²) in [5.74, 6) is -0.795. The Labute approximate surface area is 183 Å². The third-order valence-corrected chi connectivity index (χ3v) is 5.71. The van der Waals surface area contributed by atoms with Gasteiger partial charge in [-0.3, -0.25) is 4.79 Å². The van der Waals surface area contributed by atoms with Crippen LogP contribution in [0.15, 0.2) is 77.7 Å². The molecular formula is C22H16F6N2OS. The van der Waals surface area contributed by atoms with Crippen molar-refractivity contribution in [2.75, 3.05) is 11.1 Å². The summed E-state index contributed by atoms with van der Waals surface area (Å²) >= 11 is 1.03. The van der Waals surface area contributed by atoms with Gasteiger partial charge < -0.3 is 11.1 Å². The van der Waals surface area contributed by atoms with Gasteiger partial charge in [-0.05, 0) is 35.9 Å². The number of thioether (sulfide) groups is 1. The molecular weight excluding hydrogens is 454 g/mol. The van der Waals surface area contributed by atoms with Crippen LogP contribution in [0.3, 0.4) is 0 Å². The standard InChI is InChI=1S/C22H16F6N2OS/c23-21(24,25)14-10-15(22(26,27)28)12-16(11-14)30-20(31)19(13-6-2-1-3-7-13)32-18-9-5-4-8-17(18)29/h1-12,19H,29H2,(H,30,31). The van der Waals surface area contributed by atoms with Crippen molar-refractivity contribution in [1.29, 1.82) is 0 Å². The maximum Gasteiger partial charge on any atom is 0.416 e. The number of para-hydroxylation sites is 1. The fraction of sp³-hybridized carbons (Fsp3) is 0.136. The van der Waals surface area contributed by atoms with Gasteiger partial charge in [0.25, 0.3) is 0 Å². The minimum atomic E-state index is -5.02. The van der Waals surface area contributed by atoms with Gasteiger partial charge in [-0.1, -0.05) is 42.5 Å². The van der Waals surface area contributed by atoms with E-state index >= 15 is 0 Å². The Morgan fingerprint density at radius 3 is 1.88 bits per heavy atom. The van der Waals surface area contributed by atoms with Crippen molar-refractivity contribution in [1.82, 2.24) is 0 Å². The molecule has 0 saturated carbocycles. The average molecular weight is 470 g/mol. The van der Waals surface area contributed by atoms with E-state index in [4.69, 9.17) is 5.73 Å². The van der Waals surface area contributed by atoms with E-state index in [0.717, 1.165) is 11.8 Å². The molecule has 0 bridgehead atoms. The predicted octanol–water partition coefficient (Wildman–Crippen LogP) is 6.78. The van der Waals surface area contributed by atoms with E-state index in [-0.39, 0.29) is 6.07 Å². The Morgan fingerprint density at radius 2 is 1.34 bits per heavy atom. The SMILES string of the molecule is Nc1ccccc1SC(C(=O)Nc1cc(C(F)(F)F)cc(C(F)(F)F)c1)c1ccccc1. The fourth-order valence-corrected chi connectivity index (χ4v) is 3.92. The molecule has 0 spiro atoms. The minimum Gasteiger partial charge on any atom is -0.398 e. The van der Waals surface area contributed by atoms with Crippen LogP contribution in [0.5, 0.6) is 0 Å². The lowest BCUT2D eigenvalue weighted by atomic mass is 10.1.